The van der Waals surface area contributed by atoms with Crippen LogP contribution in [-0.4, -0.2) is 23.9 Å². The first-order chi connectivity index (χ1) is 7.87. The fourth-order valence-corrected chi connectivity index (χ4v) is 1.80. The van der Waals surface area contributed by atoms with Crippen molar-refractivity contribution < 1.29 is 4.79 Å². The van der Waals surface area contributed by atoms with Gasteiger partial charge >= 0.3 is 0 Å². The highest BCUT2D eigenvalue weighted by Gasteiger charge is 2.14. The lowest BCUT2D eigenvalue weighted by Gasteiger charge is -2.26. The predicted molar refractivity (Wildman–Crippen MR) is 75.1 cm³/mol. The van der Waals surface area contributed by atoms with E-state index in [0.717, 1.165) is 25.9 Å². The molecule has 0 aromatic carbocycles. The normalized spacial score (nSPS) is 11.6. The Morgan fingerprint density at radius 3 is 2.06 bits per heavy atom. The van der Waals surface area contributed by atoms with Gasteiger partial charge in [0.2, 0.25) is 5.91 Å². The Labute approximate surface area is 108 Å². The van der Waals surface area contributed by atoms with Crippen LogP contribution in [0.2, 0.25) is 0 Å². The van der Waals surface area contributed by atoms with E-state index in [0.29, 0.717) is 5.41 Å². The zero-order valence-electron chi connectivity index (χ0n) is 12.5. The third-order valence-corrected chi connectivity index (χ3v) is 3.11. The molecule has 0 unspecified atom stereocenters. The molecular formula is C15H31NO. The van der Waals surface area contributed by atoms with Crippen LogP contribution in [0.5, 0.6) is 0 Å². The maximum Gasteiger partial charge on any atom is 0.219 e. The summed E-state index contributed by atoms with van der Waals surface area (Å²) in [5.74, 6) is 0.227. The van der Waals surface area contributed by atoms with Gasteiger partial charge in [-0.1, -0.05) is 53.4 Å². The Morgan fingerprint density at radius 1 is 1.00 bits per heavy atom. The monoisotopic (exact) mass is 241 g/mol. The van der Waals surface area contributed by atoms with Crippen molar-refractivity contribution in [3.63, 3.8) is 0 Å². The molecular weight excluding hydrogens is 210 g/mol. The number of hydrogen-bond acceptors (Lipinski definition) is 1. The van der Waals surface area contributed by atoms with E-state index in [2.05, 4.69) is 27.7 Å². The molecule has 0 aliphatic heterocycles. The van der Waals surface area contributed by atoms with E-state index in [1.807, 2.05) is 4.90 Å². The number of unbranched alkanes of at least 4 members (excludes halogenated alkanes) is 4. The average molecular weight is 241 g/mol. The van der Waals surface area contributed by atoms with Crippen LogP contribution in [0.3, 0.4) is 0 Å². The molecule has 0 atom stereocenters. The van der Waals surface area contributed by atoms with Gasteiger partial charge in [0.15, 0.2) is 0 Å². The van der Waals surface area contributed by atoms with Gasteiger partial charge in [-0.3, -0.25) is 4.79 Å². The van der Waals surface area contributed by atoms with Crippen molar-refractivity contribution in [2.75, 3.05) is 13.1 Å². The van der Waals surface area contributed by atoms with E-state index < -0.39 is 0 Å². The van der Waals surface area contributed by atoms with Crippen molar-refractivity contribution in [1.29, 1.82) is 0 Å². The van der Waals surface area contributed by atoms with E-state index in [4.69, 9.17) is 0 Å². The van der Waals surface area contributed by atoms with Gasteiger partial charge in [-0.2, -0.15) is 0 Å². The topological polar surface area (TPSA) is 20.3 Å². The van der Waals surface area contributed by atoms with Crippen molar-refractivity contribution in [3.8, 4) is 0 Å². The van der Waals surface area contributed by atoms with Gasteiger partial charge in [-0.05, 0) is 18.3 Å². The molecule has 0 bridgehead atoms. The SMILES string of the molecule is CCCCCCCN(CCC(C)(C)C)C(C)=O. The van der Waals surface area contributed by atoms with E-state index in [-0.39, 0.29) is 5.91 Å². The highest BCUT2D eigenvalue weighted by molar-refractivity contribution is 5.73. The number of carbonyl (C=O) groups excluding carboxylic acids is 1. The second-order valence-electron chi connectivity index (χ2n) is 6.23. The van der Waals surface area contributed by atoms with Crippen molar-refractivity contribution in [3.05, 3.63) is 0 Å². The summed E-state index contributed by atoms with van der Waals surface area (Å²) in [6.45, 7) is 12.5. The molecule has 0 saturated carbocycles. The average Bonchev–Trinajstić information content (AvgIpc) is 2.20. The molecule has 0 aliphatic carbocycles. The predicted octanol–water partition coefficient (Wildman–Crippen LogP) is 4.24. The quantitative estimate of drug-likeness (QED) is 0.582. The number of rotatable bonds is 8. The fourth-order valence-electron chi connectivity index (χ4n) is 1.80. The van der Waals surface area contributed by atoms with E-state index in [1.165, 1.54) is 25.7 Å². The third-order valence-electron chi connectivity index (χ3n) is 3.11. The van der Waals surface area contributed by atoms with Crippen LogP contribution in [0.15, 0.2) is 0 Å². The molecule has 0 rings (SSSR count). The maximum atomic E-state index is 11.5. The van der Waals surface area contributed by atoms with E-state index in [1.54, 1.807) is 6.92 Å². The van der Waals surface area contributed by atoms with Crippen molar-refractivity contribution in [1.82, 2.24) is 4.90 Å². The first kappa shape index (κ1) is 16.5. The number of nitrogens with zero attached hydrogens (tertiary/aromatic N) is 1. The van der Waals surface area contributed by atoms with Crippen LogP contribution in [0.1, 0.15) is 73.1 Å². The molecule has 0 N–H and O–H groups in total. The second-order valence-corrected chi connectivity index (χ2v) is 6.23. The molecule has 0 saturated heterocycles. The molecule has 0 radical (unpaired) electrons. The Kier molecular flexibility index (Phi) is 8.28. The van der Waals surface area contributed by atoms with Gasteiger partial charge < -0.3 is 4.90 Å². The van der Waals surface area contributed by atoms with Crippen molar-refractivity contribution in [2.45, 2.75) is 73.1 Å². The summed E-state index contributed by atoms with van der Waals surface area (Å²) in [5.41, 5.74) is 0.315. The zero-order valence-corrected chi connectivity index (χ0v) is 12.5. The fraction of sp³-hybridized carbons (Fsp3) is 0.933. The van der Waals surface area contributed by atoms with Crippen LogP contribution in [0.25, 0.3) is 0 Å². The summed E-state index contributed by atoms with van der Waals surface area (Å²) in [4.78, 5) is 13.5. The third kappa shape index (κ3) is 10.3. The van der Waals surface area contributed by atoms with Crippen LogP contribution in [0, 0.1) is 5.41 Å². The van der Waals surface area contributed by atoms with Crippen LogP contribution in [-0.2, 0) is 4.79 Å². The van der Waals surface area contributed by atoms with E-state index in [9.17, 15) is 4.79 Å². The summed E-state index contributed by atoms with van der Waals surface area (Å²) in [7, 11) is 0. The molecule has 17 heavy (non-hydrogen) atoms. The summed E-state index contributed by atoms with van der Waals surface area (Å²) in [6.07, 6.45) is 7.41. The summed E-state index contributed by atoms with van der Waals surface area (Å²) in [5, 5.41) is 0. The van der Waals surface area contributed by atoms with Gasteiger partial charge in [0, 0.05) is 20.0 Å². The minimum Gasteiger partial charge on any atom is -0.343 e. The Hall–Kier alpha value is -0.530. The van der Waals surface area contributed by atoms with Crippen molar-refractivity contribution in [2.24, 2.45) is 5.41 Å². The largest absolute Gasteiger partial charge is 0.343 e. The Bertz CT molecular complexity index is 205. The first-order valence-corrected chi connectivity index (χ1v) is 7.12. The summed E-state index contributed by atoms with van der Waals surface area (Å²) < 4.78 is 0. The number of hydrogen-bond donors (Lipinski definition) is 0. The molecule has 2 nitrogen and oxygen atoms in total. The second kappa shape index (κ2) is 8.54. The smallest absolute Gasteiger partial charge is 0.219 e. The van der Waals surface area contributed by atoms with Gasteiger partial charge in [0.05, 0.1) is 0 Å². The van der Waals surface area contributed by atoms with Crippen molar-refractivity contribution >= 4 is 5.91 Å². The lowest BCUT2D eigenvalue weighted by molar-refractivity contribution is -0.129. The minimum absolute atomic E-state index is 0.227. The number of amides is 1. The minimum atomic E-state index is 0.227. The van der Waals surface area contributed by atoms with Crippen LogP contribution < -0.4 is 0 Å². The van der Waals surface area contributed by atoms with Crippen LogP contribution >= 0.6 is 0 Å². The van der Waals surface area contributed by atoms with Gasteiger partial charge in [0.1, 0.15) is 0 Å². The molecule has 102 valence electrons. The molecule has 0 aromatic heterocycles. The molecule has 0 aromatic rings. The molecule has 2 heteroatoms. The highest BCUT2D eigenvalue weighted by atomic mass is 16.2. The molecule has 0 heterocycles. The van der Waals surface area contributed by atoms with Gasteiger partial charge in [0.25, 0.3) is 0 Å². The molecule has 0 fully saturated rings. The molecule has 0 aliphatic rings. The zero-order chi connectivity index (χ0) is 13.3. The molecule has 1 amide bonds. The van der Waals surface area contributed by atoms with E-state index >= 15 is 0 Å². The molecule has 0 spiro atoms. The van der Waals surface area contributed by atoms with Gasteiger partial charge in [-0.25, -0.2) is 0 Å². The maximum absolute atomic E-state index is 11.5. The van der Waals surface area contributed by atoms with Crippen LogP contribution in [0.4, 0.5) is 0 Å². The Morgan fingerprint density at radius 2 is 1.59 bits per heavy atom. The standard InChI is InChI=1S/C15H31NO/c1-6-7-8-9-10-12-16(14(2)17)13-11-15(3,4)5/h6-13H2,1-5H3. The summed E-state index contributed by atoms with van der Waals surface area (Å²) in [6, 6.07) is 0. The summed E-state index contributed by atoms with van der Waals surface area (Å²) >= 11 is 0. The lowest BCUT2D eigenvalue weighted by Crippen LogP contribution is -2.32. The number of carbonyl (C=O) groups is 1. The Balaban J connectivity index is 3.80. The van der Waals surface area contributed by atoms with Gasteiger partial charge in [-0.15, -0.1) is 0 Å². The lowest BCUT2D eigenvalue weighted by atomic mass is 9.92. The highest BCUT2D eigenvalue weighted by Crippen LogP contribution is 2.19. The first-order valence-electron chi connectivity index (χ1n) is 7.12.